The smallest absolute Gasteiger partial charge is 0.301 e. The number of anilines is 1. The Hall–Kier alpha value is -3.75. The summed E-state index contributed by atoms with van der Waals surface area (Å²) in [7, 11) is 0. The highest BCUT2D eigenvalue weighted by Crippen LogP contribution is 2.45. The first kappa shape index (κ1) is 22.7. The van der Waals surface area contributed by atoms with Crippen molar-refractivity contribution in [2.75, 3.05) is 4.90 Å². The first-order valence-electron chi connectivity index (χ1n) is 11.2. The van der Waals surface area contributed by atoms with Gasteiger partial charge >= 0.3 is 5.91 Å². The molecule has 36 heavy (non-hydrogen) atoms. The second kappa shape index (κ2) is 8.43. The molecule has 1 fully saturated rings. The van der Waals surface area contributed by atoms with Crippen LogP contribution in [-0.2, 0) is 16.0 Å². The summed E-state index contributed by atoms with van der Waals surface area (Å²) in [6.07, 6.45) is 0.684. The highest BCUT2D eigenvalue weighted by Gasteiger charge is 2.48. The molecular weight excluding hydrogens is 503 g/mol. The summed E-state index contributed by atoms with van der Waals surface area (Å²) in [6, 6.07) is 15.1. The Morgan fingerprint density at radius 2 is 2.00 bits per heavy atom. The number of ether oxygens (including phenoxy) is 1. The number of aliphatic hydroxyl groups is 1. The molecule has 6 nitrogen and oxygen atoms in total. The van der Waals surface area contributed by atoms with Crippen molar-refractivity contribution in [3.05, 3.63) is 93.8 Å². The molecule has 9 heteroatoms. The zero-order chi connectivity index (χ0) is 25.1. The Morgan fingerprint density at radius 3 is 2.81 bits per heavy atom. The van der Waals surface area contributed by atoms with E-state index < -0.39 is 23.5 Å². The standard InChI is InChI=1S/C27H18ClFN2O4S/c1-13-9-16-10-15(5-8-20(16)35-13)24(32)22-23(14-3-2-4-17(28)11-14)31(26(34)25(22)33)27-30-19-7-6-18(29)12-21(19)36-27/h2-8,10-13,23,32H,9H2,1H3/t13-,23-/m1/s1. The number of fused-ring (bicyclic) bond motifs is 2. The molecule has 0 radical (unpaired) electrons. The number of benzene rings is 3. The molecule has 0 spiro atoms. The van der Waals surface area contributed by atoms with E-state index in [2.05, 4.69) is 4.98 Å². The minimum absolute atomic E-state index is 0.0123. The summed E-state index contributed by atoms with van der Waals surface area (Å²) in [6.45, 7) is 1.95. The minimum Gasteiger partial charge on any atom is -0.507 e. The van der Waals surface area contributed by atoms with E-state index in [1.807, 2.05) is 6.92 Å². The van der Waals surface area contributed by atoms with Gasteiger partial charge in [0.25, 0.3) is 5.78 Å². The second-order valence-corrected chi connectivity index (χ2v) is 10.2. The summed E-state index contributed by atoms with van der Waals surface area (Å²) >= 11 is 7.35. The molecule has 2 aliphatic heterocycles. The number of hydrogen-bond acceptors (Lipinski definition) is 6. The van der Waals surface area contributed by atoms with Gasteiger partial charge in [-0.3, -0.25) is 14.5 Å². The summed E-state index contributed by atoms with van der Waals surface area (Å²) in [4.78, 5) is 32.5. The largest absolute Gasteiger partial charge is 0.507 e. The first-order valence-corrected chi connectivity index (χ1v) is 12.4. The van der Waals surface area contributed by atoms with Crippen LogP contribution in [0.25, 0.3) is 16.0 Å². The number of halogens is 2. The predicted octanol–water partition coefficient (Wildman–Crippen LogP) is 6.04. The molecule has 3 heterocycles. The number of aromatic nitrogens is 1. The zero-order valence-electron chi connectivity index (χ0n) is 18.9. The van der Waals surface area contributed by atoms with Crippen molar-refractivity contribution in [2.45, 2.75) is 25.5 Å². The molecule has 3 aromatic carbocycles. The van der Waals surface area contributed by atoms with Crippen LogP contribution in [0.5, 0.6) is 5.75 Å². The number of carbonyl (C=O) groups excluding carboxylic acids is 2. The van der Waals surface area contributed by atoms with E-state index in [-0.39, 0.29) is 22.6 Å². The van der Waals surface area contributed by atoms with Gasteiger partial charge < -0.3 is 9.84 Å². The zero-order valence-corrected chi connectivity index (χ0v) is 20.4. The van der Waals surface area contributed by atoms with Crippen LogP contribution in [0.1, 0.15) is 29.7 Å². The first-order chi connectivity index (χ1) is 17.3. The molecule has 0 aliphatic carbocycles. The van der Waals surface area contributed by atoms with Crippen LogP contribution in [0, 0.1) is 5.82 Å². The molecular formula is C27H18ClFN2O4S. The average Bonchev–Trinajstić information content (AvgIpc) is 3.50. The van der Waals surface area contributed by atoms with Gasteiger partial charge in [0.05, 0.1) is 21.8 Å². The molecule has 4 aromatic rings. The molecule has 1 saturated heterocycles. The lowest BCUT2D eigenvalue weighted by Crippen LogP contribution is -2.29. The molecule has 1 N–H and O–H groups in total. The maximum atomic E-state index is 13.8. The SMILES string of the molecule is C[C@@H]1Cc2cc(C(O)=C3C(=O)C(=O)N(c4nc5ccc(F)cc5s4)[C@@H]3c3cccc(Cl)c3)ccc2O1. The van der Waals surface area contributed by atoms with Crippen LogP contribution in [0.15, 0.2) is 66.2 Å². The number of amides is 1. The molecule has 2 aliphatic rings. The summed E-state index contributed by atoms with van der Waals surface area (Å²) < 4.78 is 20.1. The van der Waals surface area contributed by atoms with Gasteiger partial charge in [-0.05, 0) is 66.6 Å². The highest BCUT2D eigenvalue weighted by atomic mass is 35.5. The molecule has 1 aromatic heterocycles. The van der Waals surface area contributed by atoms with Crippen molar-refractivity contribution in [1.82, 2.24) is 4.98 Å². The van der Waals surface area contributed by atoms with Gasteiger partial charge in [-0.1, -0.05) is 35.1 Å². The predicted molar refractivity (Wildman–Crippen MR) is 136 cm³/mol. The molecule has 1 amide bonds. The molecule has 2 atom stereocenters. The van der Waals surface area contributed by atoms with E-state index >= 15 is 0 Å². The quantitative estimate of drug-likeness (QED) is 0.202. The van der Waals surface area contributed by atoms with Gasteiger partial charge in [-0.15, -0.1) is 0 Å². The highest BCUT2D eigenvalue weighted by molar-refractivity contribution is 7.22. The van der Waals surface area contributed by atoms with Crippen molar-refractivity contribution in [1.29, 1.82) is 0 Å². The molecule has 0 unspecified atom stereocenters. The van der Waals surface area contributed by atoms with Crippen molar-refractivity contribution < 1.29 is 23.8 Å². The molecule has 0 bridgehead atoms. The van der Waals surface area contributed by atoms with E-state index in [9.17, 15) is 19.1 Å². The van der Waals surface area contributed by atoms with Crippen molar-refractivity contribution in [3.63, 3.8) is 0 Å². The average molecular weight is 521 g/mol. The Kier molecular flexibility index (Phi) is 5.31. The monoisotopic (exact) mass is 520 g/mol. The maximum Gasteiger partial charge on any atom is 0.301 e. The third-order valence-corrected chi connectivity index (χ3v) is 7.58. The lowest BCUT2D eigenvalue weighted by atomic mass is 9.94. The van der Waals surface area contributed by atoms with Gasteiger partial charge in [0, 0.05) is 17.0 Å². The van der Waals surface area contributed by atoms with Crippen molar-refractivity contribution in [3.8, 4) is 5.75 Å². The number of hydrogen-bond donors (Lipinski definition) is 1. The third kappa shape index (κ3) is 3.65. The van der Waals surface area contributed by atoms with Crippen LogP contribution in [0.2, 0.25) is 5.02 Å². The van der Waals surface area contributed by atoms with Crippen LogP contribution in [0.3, 0.4) is 0 Å². The van der Waals surface area contributed by atoms with E-state index in [0.29, 0.717) is 32.8 Å². The normalized spacial score (nSPS) is 20.7. The molecule has 180 valence electrons. The van der Waals surface area contributed by atoms with Gasteiger partial charge in [-0.25, -0.2) is 9.37 Å². The van der Waals surface area contributed by atoms with Gasteiger partial charge in [0.2, 0.25) is 0 Å². The van der Waals surface area contributed by atoms with E-state index in [4.69, 9.17) is 16.3 Å². The minimum atomic E-state index is -0.975. The fraction of sp³-hybridized carbons (Fsp3) is 0.148. The van der Waals surface area contributed by atoms with Crippen molar-refractivity contribution in [2.24, 2.45) is 0 Å². The van der Waals surface area contributed by atoms with Crippen molar-refractivity contribution >= 4 is 55.7 Å². The number of Topliss-reactive ketones (excluding diaryl/α,β-unsaturated/α-hetero) is 1. The summed E-state index contributed by atoms with van der Waals surface area (Å²) in [5, 5.41) is 12.0. The Balaban J connectivity index is 1.54. The second-order valence-electron chi connectivity index (χ2n) is 8.79. The van der Waals surface area contributed by atoms with Gasteiger partial charge in [0.15, 0.2) is 5.13 Å². The van der Waals surface area contributed by atoms with Crippen LogP contribution >= 0.6 is 22.9 Å². The topological polar surface area (TPSA) is 79.7 Å². The molecule has 0 saturated carbocycles. The maximum absolute atomic E-state index is 13.8. The number of aliphatic hydroxyl groups excluding tert-OH is 1. The lowest BCUT2D eigenvalue weighted by Gasteiger charge is -2.23. The summed E-state index contributed by atoms with van der Waals surface area (Å²) in [5.74, 6) is -1.67. The van der Waals surface area contributed by atoms with Crippen LogP contribution < -0.4 is 9.64 Å². The van der Waals surface area contributed by atoms with Crippen LogP contribution in [-0.4, -0.2) is 27.9 Å². The Morgan fingerprint density at radius 1 is 1.17 bits per heavy atom. The number of carbonyl (C=O) groups is 2. The van der Waals surface area contributed by atoms with Gasteiger partial charge in [0.1, 0.15) is 23.4 Å². The number of thiazole rings is 1. The van der Waals surface area contributed by atoms with Gasteiger partial charge in [-0.2, -0.15) is 0 Å². The lowest BCUT2D eigenvalue weighted by molar-refractivity contribution is -0.132. The fourth-order valence-electron chi connectivity index (χ4n) is 4.74. The Labute approximate surface area is 214 Å². The number of rotatable bonds is 3. The number of nitrogens with zero attached hydrogens (tertiary/aromatic N) is 2. The third-order valence-electron chi connectivity index (χ3n) is 6.32. The Bertz CT molecular complexity index is 1610. The fourth-order valence-corrected chi connectivity index (χ4v) is 5.95. The van der Waals surface area contributed by atoms with E-state index in [0.717, 1.165) is 22.6 Å². The molecule has 6 rings (SSSR count). The van der Waals surface area contributed by atoms with Crippen LogP contribution in [0.4, 0.5) is 9.52 Å². The summed E-state index contributed by atoms with van der Waals surface area (Å²) in [5.41, 5.74) is 2.28. The van der Waals surface area contributed by atoms with E-state index in [1.54, 1.807) is 42.5 Å². The van der Waals surface area contributed by atoms with E-state index in [1.165, 1.54) is 23.1 Å². The number of ketones is 1.